The van der Waals surface area contributed by atoms with Crippen molar-refractivity contribution in [3.63, 3.8) is 0 Å². The molecule has 3 amide bonds. The van der Waals surface area contributed by atoms with Crippen molar-refractivity contribution in [2.75, 3.05) is 5.32 Å². The zero-order valence-corrected chi connectivity index (χ0v) is 16.1. The van der Waals surface area contributed by atoms with E-state index in [4.69, 9.17) is 11.6 Å². The molecule has 3 N–H and O–H groups in total. The lowest BCUT2D eigenvalue weighted by molar-refractivity contribution is -0.121. The molecule has 5 nitrogen and oxygen atoms in total. The first kappa shape index (κ1) is 19.9. The van der Waals surface area contributed by atoms with Crippen LogP contribution >= 0.6 is 11.6 Å². The highest BCUT2D eigenvalue weighted by Crippen LogP contribution is 2.18. The fraction of sp³-hybridized carbons (Fsp3) is 0.300. The Kier molecular flexibility index (Phi) is 6.77. The summed E-state index contributed by atoms with van der Waals surface area (Å²) in [6, 6.07) is 11.9. The molecule has 2 rings (SSSR count). The van der Waals surface area contributed by atoms with Gasteiger partial charge in [-0.15, -0.1) is 0 Å². The summed E-state index contributed by atoms with van der Waals surface area (Å²) >= 11 is 6.00. The van der Waals surface area contributed by atoms with Gasteiger partial charge in [0.05, 0.1) is 6.04 Å². The molecule has 0 heterocycles. The molecule has 2 aromatic rings. The monoisotopic (exact) mass is 373 g/mol. The SMILES string of the molecule is Cc1ccc(NC(=O)NC(=O)C(C)NC(C)c2cccc(Cl)c2)c(C)c1. The summed E-state index contributed by atoms with van der Waals surface area (Å²) in [4.78, 5) is 24.3. The van der Waals surface area contributed by atoms with Gasteiger partial charge in [0.2, 0.25) is 5.91 Å². The number of carbonyl (C=O) groups is 2. The van der Waals surface area contributed by atoms with Crippen LogP contribution in [0.4, 0.5) is 10.5 Å². The fourth-order valence-corrected chi connectivity index (χ4v) is 2.85. The number of rotatable bonds is 5. The summed E-state index contributed by atoms with van der Waals surface area (Å²) in [5, 5.41) is 8.86. The molecular weight excluding hydrogens is 350 g/mol. The third kappa shape index (κ3) is 5.58. The second-order valence-corrected chi connectivity index (χ2v) is 6.86. The Morgan fingerprint density at radius 2 is 1.77 bits per heavy atom. The molecule has 0 spiro atoms. The van der Waals surface area contributed by atoms with Gasteiger partial charge in [-0.1, -0.05) is 41.4 Å². The van der Waals surface area contributed by atoms with Crippen LogP contribution in [-0.2, 0) is 4.79 Å². The van der Waals surface area contributed by atoms with E-state index in [-0.39, 0.29) is 6.04 Å². The molecule has 0 aromatic heterocycles. The van der Waals surface area contributed by atoms with Crippen molar-refractivity contribution in [3.05, 3.63) is 64.2 Å². The van der Waals surface area contributed by atoms with Gasteiger partial charge >= 0.3 is 6.03 Å². The molecule has 26 heavy (non-hydrogen) atoms. The van der Waals surface area contributed by atoms with Gasteiger partial charge in [-0.25, -0.2) is 4.79 Å². The summed E-state index contributed by atoms with van der Waals surface area (Å²) < 4.78 is 0. The predicted molar refractivity (Wildman–Crippen MR) is 106 cm³/mol. The minimum absolute atomic E-state index is 0.0862. The number of amides is 3. The number of hydrogen-bond acceptors (Lipinski definition) is 3. The minimum atomic E-state index is -0.550. The Morgan fingerprint density at radius 1 is 1.04 bits per heavy atom. The van der Waals surface area contributed by atoms with Crippen LogP contribution in [-0.4, -0.2) is 18.0 Å². The molecule has 0 aliphatic carbocycles. The molecule has 0 radical (unpaired) electrons. The number of hydrogen-bond donors (Lipinski definition) is 3. The lowest BCUT2D eigenvalue weighted by Crippen LogP contribution is -2.46. The molecule has 0 fully saturated rings. The van der Waals surface area contributed by atoms with Crippen molar-refractivity contribution in [1.29, 1.82) is 0 Å². The number of carbonyl (C=O) groups excluding carboxylic acids is 2. The quantitative estimate of drug-likeness (QED) is 0.729. The van der Waals surface area contributed by atoms with Crippen LogP contribution in [0.1, 0.15) is 36.6 Å². The van der Waals surface area contributed by atoms with E-state index in [9.17, 15) is 9.59 Å². The van der Waals surface area contributed by atoms with E-state index < -0.39 is 18.0 Å². The Labute approximate surface area is 159 Å². The highest BCUT2D eigenvalue weighted by Gasteiger charge is 2.18. The van der Waals surface area contributed by atoms with Gasteiger partial charge in [-0.2, -0.15) is 0 Å². The van der Waals surface area contributed by atoms with Crippen molar-refractivity contribution in [2.45, 2.75) is 39.8 Å². The Hall–Kier alpha value is -2.37. The molecule has 2 aromatic carbocycles. The molecule has 0 saturated heterocycles. The van der Waals surface area contributed by atoms with E-state index in [2.05, 4.69) is 16.0 Å². The normalized spacial score (nSPS) is 13.0. The van der Waals surface area contributed by atoms with Gasteiger partial charge in [0.1, 0.15) is 0 Å². The molecule has 0 bridgehead atoms. The maximum absolute atomic E-state index is 12.3. The molecule has 0 saturated carbocycles. The molecule has 6 heteroatoms. The Balaban J connectivity index is 1.90. The van der Waals surface area contributed by atoms with Gasteiger partial charge < -0.3 is 5.32 Å². The molecule has 0 aliphatic heterocycles. The largest absolute Gasteiger partial charge is 0.325 e. The first-order valence-electron chi connectivity index (χ1n) is 8.47. The van der Waals surface area contributed by atoms with Crippen molar-refractivity contribution in [1.82, 2.24) is 10.6 Å². The van der Waals surface area contributed by atoms with E-state index in [1.807, 2.05) is 57.2 Å². The van der Waals surface area contributed by atoms with Crippen LogP contribution in [0.25, 0.3) is 0 Å². The summed E-state index contributed by atoms with van der Waals surface area (Å²) in [5.74, 6) is -0.402. The highest BCUT2D eigenvalue weighted by atomic mass is 35.5. The number of urea groups is 1. The first-order valence-corrected chi connectivity index (χ1v) is 8.84. The van der Waals surface area contributed by atoms with E-state index in [1.165, 1.54) is 0 Å². The van der Waals surface area contributed by atoms with Crippen LogP contribution in [0, 0.1) is 13.8 Å². The van der Waals surface area contributed by atoms with Gasteiger partial charge in [0.25, 0.3) is 0 Å². The zero-order chi connectivity index (χ0) is 19.3. The highest BCUT2D eigenvalue weighted by molar-refractivity contribution is 6.30. The second-order valence-electron chi connectivity index (χ2n) is 6.43. The average Bonchev–Trinajstić information content (AvgIpc) is 2.57. The number of halogens is 1. The van der Waals surface area contributed by atoms with Crippen LogP contribution in [0.2, 0.25) is 5.02 Å². The van der Waals surface area contributed by atoms with Crippen molar-refractivity contribution in [2.24, 2.45) is 0 Å². The molecule has 0 aliphatic rings. The number of benzene rings is 2. The lowest BCUT2D eigenvalue weighted by atomic mass is 10.1. The van der Waals surface area contributed by atoms with Gasteiger partial charge in [0.15, 0.2) is 0 Å². The molecule has 2 unspecified atom stereocenters. The van der Waals surface area contributed by atoms with E-state index in [1.54, 1.807) is 13.0 Å². The topological polar surface area (TPSA) is 70.2 Å². The summed E-state index contributed by atoms with van der Waals surface area (Å²) in [5.41, 5.74) is 3.69. The molecule has 138 valence electrons. The minimum Gasteiger partial charge on any atom is -0.307 e. The van der Waals surface area contributed by atoms with Crippen LogP contribution < -0.4 is 16.0 Å². The lowest BCUT2D eigenvalue weighted by Gasteiger charge is -2.20. The van der Waals surface area contributed by atoms with Crippen molar-refractivity contribution >= 4 is 29.2 Å². The Morgan fingerprint density at radius 3 is 2.42 bits per heavy atom. The number of aryl methyl sites for hydroxylation is 2. The van der Waals surface area contributed by atoms with Gasteiger partial charge in [0, 0.05) is 16.8 Å². The van der Waals surface area contributed by atoms with E-state index >= 15 is 0 Å². The van der Waals surface area contributed by atoms with Gasteiger partial charge in [-0.3, -0.25) is 15.4 Å². The second kappa shape index (κ2) is 8.83. The fourth-order valence-electron chi connectivity index (χ4n) is 2.65. The van der Waals surface area contributed by atoms with Crippen molar-refractivity contribution in [3.8, 4) is 0 Å². The van der Waals surface area contributed by atoms with E-state index in [0.29, 0.717) is 10.7 Å². The van der Waals surface area contributed by atoms with E-state index in [0.717, 1.165) is 16.7 Å². The number of imide groups is 1. The maximum atomic E-state index is 12.3. The van der Waals surface area contributed by atoms with Gasteiger partial charge in [-0.05, 0) is 57.0 Å². The number of nitrogens with one attached hydrogen (secondary N) is 3. The van der Waals surface area contributed by atoms with Crippen LogP contribution in [0.15, 0.2) is 42.5 Å². The Bertz CT molecular complexity index is 807. The van der Waals surface area contributed by atoms with Crippen LogP contribution in [0.5, 0.6) is 0 Å². The summed E-state index contributed by atoms with van der Waals surface area (Å²) in [6.45, 7) is 7.53. The standard InChI is InChI=1S/C20H24ClN3O2/c1-12-8-9-18(13(2)10-12)23-20(26)24-19(25)15(4)22-14(3)16-6-5-7-17(21)11-16/h5-11,14-15,22H,1-4H3,(H2,23,24,25,26). The molecule has 2 atom stereocenters. The van der Waals surface area contributed by atoms with Crippen LogP contribution in [0.3, 0.4) is 0 Å². The molecular formula is C20H24ClN3O2. The number of anilines is 1. The zero-order valence-electron chi connectivity index (χ0n) is 15.4. The maximum Gasteiger partial charge on any atom is 0.325 e. The summed E-state index contributed by atoms with van der Waals surface area (Å²) in [7, 11) is 0. The first-order chi connectivity index (χ1) is 12.3. The average molecular weight is 374 g/mol. The smallest absolute Gasteiger partial charge is 0.307 e. The summed E-state index contributed by atoms with van der Waals surface area (Å²) in [6.07, 6.45) is 0. The predicted octanol–water partition coefficient (Wildman–Crippen LogP) is 4.34. The third-order valence-corrected chi connectivity index (χ3v) is 4.34. The third-order valence-electron chi connectivity index (χ3n) is 4.11. The van der Waals surface area contributed by atoms with Crippen molar-refractivity contribution < 1.29 is 9.59 Å².